The Morgan fingerprint density at radius 3 is 2.42 bits per heavy atom. The number of nitrogens with zero attached hydrogens (tertiary/aromatic N) is 2. The lowest BCUT2D eigenvalue weighted by molar-refractivity contribution is -0.141. The molecule has 38 heavy (non-hydrogen) atoms. The third-order valence-electron chi connectivity index (χ3n) is 6.00. The van der Waals surface area contributed by atoms with Crippen LogP contribution in [0.4, 0.5) is 4.39 Å². The molecule has 2 amide bonds. The van der Waals surface area contributed by atoms with Gasteiger partial charge in [0.15, 0.2) is 11.5 Å². The van der Waals surface area contributed by atoms with Gasteiger partial charge in [-0.3, -0.25) is 14.5 Å². The van der Waals surface area contributed by atoms with E-state index in [-0.39, 0.29) is 30.1 Å². The lowest BCUT2D eigenvalue weighted by atomic mass is 9.93. The van der Waals surface area contributed by atoms with Crippen molar-refractivity contribution in [1.29, 1.82) is 5.26 Å². The Morgan fingerprint density at radius 1 is 1.00 bits per heavy atom. The van der Waals surface area contributed by atoms with Crippen LogP contribution >= 0.6 is 11.6 Å². The van der Waals surface area contributed by atoms with Crippen LogP contribution in [-0.2, 0) is 22.7 Å². The molecular formula is C30H24ClFN2O4. The van der Waals surface area contributed by atoms with Crippen LogP contribution in [0.1, 0.15) is 30.5 Å². The molecule has 0 radical (unpaired) electrons. The largest absolute Gasteiger partial charge is 0.490 e. The molecule has 3 aromatic carbocycles. The van der Waals surface area contributed by atoms with Crippen molar-refractivity contribution in [3.63, 3.8) is 0 Å². The number of rotatable bonds is 8. The highest BCUT2D eigenvalue weighted by atomic mass is 35.5. The summed E-state index contributed by atoms with van der Waals surface area (Å²) in [7, 11) is 0. The van der Waals surface area contributed by atoms with Gasteiger partial charge in [-0.15, -0.1) is 0 Å². The van der Waals surface area contributed by atoms with Gasteiger partial charge in [0, 0.05) is 10.6 Å². The molecule has 0 fully saturated rings. The maximum atomic E-state index is 13.5. The molecule has 6 nitrogen and oxygen atoms in total. The second-order valence-electron chi connectivity index (χ2n) is 8.51. The van der Waals surface area contributed by atoms with Gasteiger partial charge in [-0.05, 0) is 72.5 Å². The van der Waals surface area contributed by atoms with Gasteiger partial charge in [0.1, 0.15) is 24.1 Å². The Bertz CT molecular complexity index is 1490. The molecule has 0 unspecified atom stereocenters. The van der Waals surface area contributed by atoms with E-state index in [2.05, 4.69) is 0 Å². The van der Waals surface area contributed by atoms with Crippen molar-refractivity contribution < 1.29 is 23.5 Å². The van der Waals surface area contributed by atoms with Gasteiger partial charge in [0.25, 0.3) is 11.8 Å². The Kier molecular flexibility index (Phi) is 8.25. The molecule has 1 heterocycles. The molecule has 0 saturated heterocycles. The number of imide groups is 1. The Labute approximate surface area is 225 Å². The average Bonchev–Trinajstić information content (AvgIpc) is 2.91. The third-order valence-corrected chi connectivity index (χ3v) is 6.37. The fraction of sp³-hybridized carbons (Fsp3) is 0.167. The summed E-state index contributed by atoms with van der Waals surface area (Å²) in [5.41, 5.74) is 2.42. The normalized spacial score (nSPS) is 14.6. The van der Waals surface area contributed by atoms with Crippen LogP contribution in [0.15, 0.2) is 83.4 Å². The van der Waals surface area contributed by atoms with Gasteiger partial charge < -0.3 is 9.47 Å². The van der Waals surface area contributed by atoms with E-state index in [0.29, 0.717) is 39.8 Å². The first-order valence-corrected chi connectivity index (χ1v) is 12.3. The molecule has 0 aliphatic carbocycles. The third kappa shape index (κ3) is 5.77. The number of carbonyl (C=O) groups is 2. The molecule has 4 rings (SSSR count). The van der Waals surface area contributed by atoms with E-state index >= 15 is 0 Å². The minimum atomic E-state index is -0.661. The van der Waals surface area contributed by atoms with Gasteiger partial charge in [0.2, 0.25) is 0 Å². The van der Waals surface area contributed by atoms with E-state index < -0.39 is 11.8 Å². The van der Waals surface area contributed by atoms with Gasteiger partial charge in [-0.2, -0.15) is 5.26 Å². The van der Waals surface area contributed by atoms with Crippen molar-refractivity contribution >= 4 is 29.5 Å². The molecule has 0 atom stereocenters. The zero-order chi connectivity index (χ0) is 27.2. The predicted octanol–water partition coefficient (Wildman–Crippen LogP) is 6.25. The van der Waals surface area contributed by atoms with Crippen LogP contribution in [0.2, 0.25) is 5.02 Å². The summed E-state index contributed by atoms with van der Waals surface area (Å²) >= 11 is 6.25. The molecule has 0 saturated carbocycles. The van der Waals surface area contributed by atoms with Gasteiger partial charge in [-0.1, -0.05) is 48.0 Å². The zero-order valence-electron chi connectivity index (χ0n) is 20.8. The van der Waals surface area contributed by atoms with E-state index in [0.717, 1.165) is 10.5 Å². The number of amides is 2. The number of carbonyl (C=O) groups excluding carboxylic acids is 2. The van der Waals surface area contributed by atoms with Crippen LogP contribution in [0, 0.1) is 17.1 Å². The summed E-state index contributed by atoms with van der Waals surface area (Å²) in [6, 6.07) is 20.0. The second-order valence-corrected chi connectivity index (χ2v) is 8.92. The van der Waals surface area contributed by atoms with E-state index in [1.807, 2.05) is 13.0 Å². The summed E-state index contributed by atoms with van der Waals surface area (Å²) < 4.78 is 24.8. The van der Waals surface area contributed by atoms with Gasteiger partial charge >= 0.3 is 0 Å². The number of benzene rings is 3. The lowest BCUT2D eigenvalue weighted by Crippen LogP contribution is -2.42. The molecule has 0 aromatic heterocycles. The summed E-state index contributed by atoms with van der Waals surface area (Å²) in [4.78, 5) is 27.5. The van der Waals surface area contributed by atoms with Gasteiger partial charge in [-0.25, -0.2) is 4.39 Å². The van der Waals surface area contributed by atoms with Crippen LogP contribution in [0.3, 0.4) is 0 Å². The maximum Gasteiger partial charge on any atom is 0.271 e. The van der Waals surface area contributed by atoms with Crippen molar-refractivity contribution in [3.8, 4) is 17.6 Å². The van der Waals surface area contributed by atoms with Crippen LogP contribution < -0.4 is 9.47 Å². The maximum absolute atomic E-state index is 13.5. The lowest BCUT2D eigenvalue weighted by Gasteiger charge is -2.27. The van der Waals surface area contributed by atoms with Crippen LogP contribution in [0.5, 0.6) is 11.5 Å². The van der Waals surface area contributed by atoms with E-state index in [1.165, 1.54) is 12.1 Å². The Morgan fingerprint density at radius 2 is 1.74 bits per heavy atom. The molecule has 3 aromatic rings. The van der Waals surface area contributed by atoms with E-state index in [9.17, 15) is 19.2 Å². The van der Waals surface area contributed by atoms with Gasteiger partial charge in [0.05, 0.1) is 13.2 Å². The minimum Gasteiger partial charge on any atom is -0.490 e. The summed E-state index contributed by atoms with van der Waals surface area (Å²) in [5, 5.41) is 10.1. The highest BCUT2D eigenvalue weighted by molar-refractivity contribution is 6.31. The highest BCUT2D eigenvalue weighted by Crippen LogP contribution is 2.33. The molecule has 1 aliphatic heterocycles. The Hall–Kier alpha value is -4.41. The quantitative estimate of drug-likeness (QED) is 0.254. The summed E-state index contributed by atoms with van der Waals surface area (Å²) in [6.45, 7) is 3.95. The predicted molar refractivity (Wildman–Crippen MR) is 142 cm³/mol. The Balaban J connectivity index is 1.66. The minimum absolute atomic E-state index is 0.0620. The monoisotopic (exact) mass is 530 g/mol. The fourth-order valence-electron chi connectivity index (χ4n) is 3.98. The molecule has 0 spiro atoms. The van der Waals surface area contributed by atoms with Crippen molar-refractivity contribution in [1.82, 2.24) is 4.90 Å². The second kappa shape index (κ2) is 11.8. The molecule has 0 N–H and O–H groups in total. The molecule has 1 aliphatic rings. The standard InChI is InChI=1S/C30H24ClFN2O4/c1-3-37-28-15-21(10-13-27(28)38-18-20-8-11-23(32)12-9-20)14-24-19(2)25(16-33)30(36)34(29(24)35)17-22-6-4-5-7-26(22)31/h4-15H,3,17-18H2,1-2H3/b24-14+. The number of hydrogen-bond donors (Lipinski definition) is 0. The fourth-order valence-corrected chi connectivity index (χ4v) is 4.18. The molecule has 0 bridgehead atoms. The summed E-state index contributed by atoms with van der Waals surface area (Å²) in [6.07, 6.45) is 1.62. The number of hydrogen-bond acceptors (Lipinski definition) is 5. The topological polar surface area (TPSA) is 79.6 Å². The smallest absolute Gasteiger partial charge is 0.271 e. The van der Waals surface area contributed by atoms with Crippen LogP contribution in [-0.4, -0.2) is 23.3 Å². The first-order chi connectivity index (χ1) is 18.3. The van der Waals surface area contributed by atoms with Crippen LogP contribution in [0.25, 0.3) is 6.08 Å². The SMILES string of the molecule is CCOc1cc(/C=C2/C(=O)N(Cc3ccccc3Cl)C(=O)C(C#N)=C2C)ccc1OCc1ccc(F)cc1. The number of halogens is 2. The molecule has 8 heteroatoms. The highest BCUT2D eigenvalue weighted by Gasteiger charge is 2.35. The molecule has 192 valence electrons. The van der Waals surface area contributed by atoms with E-state index in [4.69, 9.17) is 21.1 Å². The first kappa shape index (κ1) is 26.6. The van der Waals surface area contributed by atoms with Crippen molar-refractivity contribution in [2.75, 3.05) is 6.61 Å². The zero-order valence-corrected chi connectivity index (χ0v) is 21.6. The first-order valence-electron chi connectivity index (χ1n) is 11.9. The molecular weight excluding hydrogens is 507 g/mol. The summed E-state index contributed by atoms with van der Waals surface area (Å²) in [5.74, 6) is -0.575. The van der Waals surface area contributed by atoms with E-state index in [1.54, 1.807) is 67.6 Å². The van der Waals surface area contributed by atoms with Crippen molar-refractivity contribution in [2.24, 2.45) is 0 Å². The number of nitriles is 1. The average molecular weight is 531 g/mol. The van der Waals surface area contributed by atoms with Crippen molar-refractivity contribution in [2.45, 2.75) is 27.0 Å². The van der Waals surface area contributed by atoms with Crippen molar-refractivity contribution in [3.05, 3.63) is 111 Å². The number of ether oxygens (including phenoxy) is 2.